The van der Waals surface area contributed by atoms with Crippen LogP contribution in [0.2, 0.25) is 5.02 Å². The Balaban J connectivity index is 2.26. The summed E-state index contributed by atoms with van der Waals surface area (Å²) in [6.07, 6.45) is 0.657. The molecule has 3 nitrogen and oxygen atoms in total. The van der Waals surface area contributed by atoms with E-state index >= 15 is 0 Å². The lowest BCUT2D eigenvalue weighted by molar-refractivity contribution is 0.433. The van der Waals surface area contributed by atoms with Crippen molar-refractivity contribution < 1.29 is 4.42 Å². The number of aromatic nitrogens is 1. The fourth-order valence-electron chi connectivity index (χ4n) is 1.47. The summed E-state index contributed by atoms with van der Waals surface area (Å²) in [5, 5.41) is 0.656. The van der Waals surface area contributed by atoms with E-state index in [1.165, 1.54) is 0 Å². The molecule has 1 aromatic heterocycles. The molecule has 0 fully saturated rings. The van der Waals surface area contributed by atoms with Crippen LogP contribution in [-0.2, 0) is 6.42 Å². The van der Waals surface area contributed by atoms with Gasteiger partial charge >= 0.3 is 0 Å². The maximum Gasteiger partial charge on any atom is 0.197 e. The smallest absolute Gasteiger partial charge is 0.197 e. The van der Waals surface area contributed by atoms with E-state index in [4.69, 9.17) is 21.8 Å². The molecule has 1 unspecified atom stereocenters. The number of benzene rings is 1. The maximum atomic E-state index is 5.97. The molecule has 4 heteroatoms. The normalized spacial score (nSPS) is 13.6. The van der Waals surface area contributed by atoms with Gasteiger partial charge in [0.1, 0.15) is 5.52 Å². The zero-order valence-electron chi connectivity index (χ0n) is 9.40. The molecule has 0 spiro atoms. The standard InChI is InChI=1S/C12H15ClN2O/c1-7(2)9(14)6-12-15-10-4-3-8(13)5-11(10)16-12/h3-5,7,9H,6,14H2,1-2H3. The van der Waals surface area contributed by atoms with Gasteiger partial charge in [-0.25, -0.2) is 4.98 Å². The van der Waals surface area contributed by atoms with Crippen molar-refractivity contribution in [3.8, 4) is 0 Å². The van der Waals surface area contributed by atoms with Gasteiger partial charge in [0.25, 0.3) is 0 Å². The molecule has 0 aliphatic carbocycles. The molecular weight excluding hydrogens is 224 g/mol. The Bertz CT molecular complexity index is 493. The molecule has 0 radical (unpaired) electrons. The number of hydrogen-bond acceptors (Lipinski definition) is 3. The zero-order valence-corrected chi connectivity index (χ0v) is 10.2. The first-order valence-corrected chi connectivity index (χ1v) is 5.74. The van der Waals surface area contributed by atoms with Gasteiger partial charge in [0.2, 0.25) is 0 Å². The lowest BCUT2D eigenvalue weighted by atomic mass is 10.0. The van der Waals surface area contributed by atoms with Crippen LogP contribution < -0.4 is 5.73 Å². The predicted molar refractivity (Wildman–Crippen MR) is 65.5 cm³/mol. The Kier molecular flexibility index (Phi) is 3.17. The number of fused-ring (bicyclic) bond motifs is 1. The lowest BCUT2D eigenvalue weighted by Crippen LogP contribution is -2.28. The van der Waals surface area contributed by atoms with Crippen molar-refractivity contribution in [2.24, 2.45) is 11.7 Å². The monoisotopic (exact) mass is 238 g/mol. The van der Waals surface area contributed by atoms with Gasteiger partial charge in [-0.05, 0) is 18.1 Å². The van der Waals surface area contributed by atoms with Crippen molar-refractivity contribution in [2.45, 2.75) is 26.3 Å². The summed E-state index contributed by atoms with van der Waals surface area (Å²) in [4.78, 5) is 4.37. The number of rotatable bonds is 3. The Hall–Kier alpha value is -1.06. The molecule has 2 N–H and O–H groups in total. The second-order valence-electron chi connectivity index (χ2n) is 4.33. The highest BCUT2D eigenvalue weighted by Crippen LogP contribution is 2.21. The van der Waals surface area contributed by atoms with E-state index in [9.17, 15) is 0 Å². The summed E-state index contributed by atoms with van der Waals surface area (Å²) in [7, 11) is 0. The number of nitrogens with zero attached hydrogens (tertiary/aromatic N) is 1. The van der Waals surface area contributed by atoms with Crippen LogP contribution in [0.25, 0.3) is 11.1 Å². The van der Waals surface area contributed by atoms with E-state index in [1.54, 1.807) is 12.1 Å². The van der Waals surface area contributed by atoms with Crippen molar-refractivity contribution in [1.29, 1.82) is 0 Å². The summed E-state index contributed by atoms with van der Waals surface area (Å²) in [5.41, 5.74) is 7.52. The average Bonchev–Trinajstić information content (AvgIpc) is 2.58. The van der Waals surface area contributed by atoms with Crippen LogP contribution in [0, 0.1) is 5.92 Å². The van der Waals surface area contributed by atoms with Gasteiger partial charge in [-0.1, -0.05) is 25.4 Å². The molecule has 1 heterocycles. The van der Waals surface area contributed by atoms with Crippen LogP contribution in [0.3, 0.4) is 0 Å². The van der Waals surface area contributed by atoms with E-state index in [0.29, 0.717) is 23.3 Å². The Labute approximate surface area is 99.6 Å². The topological polar surface area (TPSA) is 52.0 Å². The van der Waals surface area contributed by atoms with Gasteiger partial charge in [0.05, 0.1) is 0 Å². The van der Waals surface area contributed by atoms with Crippen LogP contribution in [0.4, 0.5) is 0 Å². The second-order valence-corrected chi connectivity index (χ2v) is 4.77. The van der Waals surface area contributed by atoms with Crippen molar-refractivity contribution in [3.05, 3.63) is 29.1 Å². The maximum absolute atomic E-state index is 5.97. The van der Waals surface area contributed by atoms with Crippen LogP contribution in [0.5, 0.6) is 0 Å². The predicted octanol–water partition coefficient (Wildman–Crippen LogP) is 3.01. The molecule has 2 rings (SSSR count). The first-order valence-electron chi connectivity index (χ1n) is 5.37. The molecule has 0 amide bonds. The molecule has 0 aliphatic heterocycles. The van der Waals surface area contributed by atoms with Gasteiger partial charge in [0, 0.05) is 23.6 Å². The summed E-state index contributed by atoms with van der Waals surface area (Å²) in [5.74, 6) is 1.09. The first kappa shape index (κ1) is 11.4. The van der Waals surface area contributed by atoms with Crippen molar-refractivity contribution in [2.75, 3.05) is 0 Å². The molecule has 1 atom stereocenters. The summed E-state index contributed by atoms with van der Waals surface area (Å²) < 4.78 is 5.59. The highest BCUT2D eigenvalue weighted by atomic mass is 35.5. The Morgan fingerprint density at radius 1 is 1.44 bits per heavy atom. The summed E-state index contributed by atoms with van der Waals surface area (Å²) in [6, 6.07) is 5.50. The number of hydrogen-bond donors (Lipinski definition) is 1. The second kappa shape index (κ2) is 4.44. The molecule has 1 aromatic carbocycles. The Morgan fingerprint density at radius 2 is 2.19 bits per heavy atom. The van der Waals surface area contributed by atoms with Gasteiger partial charge in [-0.15, -0.1) is 0 Å². The fourth-order valence-corrected chi connectivity index (χ4v) is 1.63. The van der Waals surface area contributed by atoms with Gasteiger partial charge in [-0.3, -0.25) is 0 Å². The van der Waals surface area contributed by atoms with E-state index in [0.717, 1.165) is 11.1 Å². The molecule has 2 aromatic rings. The molecule has 0 aliphatic rings. The van der Waals surface area contributed by atoms with E-state index < -0.39 is 0 Å². The molecule has 0 saturated heterocycles. The van der Waals surface area contributed by atoms with Crippen LogP contribution in [0.1, 0.15) is 19.7 Å². The minimum absolute atomic E-state index is 0.0727. The third kappa shape index (κ3) is 2.36. The minimum atomic E-state index is 0.0727. The molecule has 0 bridgehead atoms. The summed E-state index contributed by atoms with van der Waals surface area (Å²) in [6.45, 7) is 4.17. The highest BCUT2D eigenvalue weighted by molar-refractivity contribution is 6.31. The molecule has 0 saturated carbocycles. The first-order chi connectivity index (χ1) is 7.56. The van der Waals surface area contributed by atoms with E-state index in [2.05, 4.69) is 18.8 Å². The van der Waals surface area contributed by atoms with Gasteiger partial charge in [0.15, 0.2) is 11.5 Å². The van der Waals surface area contributed by atoms with Crippen molar-refractivity contribution >= 4 is 22.7 Å². The Morgan fingerprint density at radius 3 is 2.88 bits per heavy atom. The quantitative estimate of drug-likeness (QED) is 0.894. The lowest BCUT2D eigenvalue weighted by Gasteiger charge is -2.12. The molecule has 16 heavy (non-hydrogen) atoms. The number of oxazole rings is 1. The number of halogens is 1. The SMILES string of the molecule is CC(C)C(N)Cc1nc2ccc(Cl)cc2o1. The highest BCUT2D eigenvalue weighted by Gasteiger charge is 2.13. The van der Waals surface area contributed by atoms with Crippen molar-refractivity contribution in [3.63, 3.8) is 0 Å². The average molecular weight is 239 g/mol. The minimum Gasteiger partial charge on any atom is -0.441 e. The fraction of sp³-hybridized carbons (Fsp3) is 0.417. The largest absolute Gasteiger partial charge is 0.441 e. The van der Waals surface area contributed by atoms with Gasteiger partial charge < -0.3 is 10.2 Å². The summed E-state index contributed by atoms with van der Waals surface area (Å²) >= 11 is 5.87. The van der Waals surface area contributed by atoms with E-state index in [-0.39, 0.29) is 6.04 Å². The molecule has 86 valence electrons. The van der Waals surface area contributed by atoms with Gasteiger partial charge in [-0.2, -0.15) is 0 Å². The van der Waals surface area contributed by atoms with Crippen LogP contribution in [-0.4, -0.2) is 11.0 Å². The van der Waals surface area contributed by atoms with Crippen LogP contribution >= 0.6 is 11.6 Å². The van der Waals surface area contributed by atoms with Crippen molar-refractivity contribution in [1.82, 2.24) is 4.98 Å². The van der Waals surface area contributed by atoms with Crippen LogP contribution in [0.15, 0.2) is 22.6 Å². The third-order valence-corrected chi connectivity index (χ3v) is 2.90. The zero-order chi connectivity index (χ0) is 11.7. The van der Waals surface area contributed by atoms with E-state index in [1.807, 2.05) is 6.07 Å². The third-order valence-electron chi connectivity index (χ3n) is 2.66. The number of nitrogens with two attached hydrogens (primary N) is 1. The molecular formula is C12H15ClN2O.